The van der Waals surface area contributed by atoms with E-state index in [1.54, 1.807) is 6.07 Å². The van der Waals surface area contributed by atoms with Gasteiger partial charge in [0.05, 0.1) is 5.56 Å². The normalized spacial score (nSPS) is 10.4. The van der Waals surface area contributed by atoms with Crippen molar-refractivity contribution in [3.8, 4) is 5.75 Å². The largest absolute Gasteiger partial charge is 0.488 e. The second kappa shape index (κ2) is 6.23. The Morgan fingerprint density at radius 1 is 1.05 bits per heavy atom. The first kappa shape index (κ1) is 14.8. The minimum Gasteiger partial charge on any atom is -0.488 e. The van der Waals surface area contributed by atoms with E-state index >= 15 is 0 Å². The monoisotopic (exact) mass is 332 g/mol. The molecule has 0 aromatic heterocycles. The molecule has 0 aliphatic carbocycles. The molecule has 0 aliphatic rings. The van der Waals surface area contributed by atoms with Crippen LogP contribution in [0.15, 0.2) is 34.8 Å². The van der Waals surface area contributed by atoms with E-state index in [1.165, 1.54) is 11.1 Å². The van der Waals surface area contributed by atoms with Crippen LogP contribution in [-0.2, 0) is 6.61 Å². The minimum absolute atomic E-state index is 0.463. The number of rotatable bonds is 4. The van der Waals surface area contributed by atoms with Crippen molar-refractivity contribution in [2.45, 2.75) is 27.4 Å². The van der Waals surface area contributed by atoms with Gasteiger partial charge in [-0.1, -0.05) is 34.1 Å². The van der Waals surface area contributed by atoms with Crippen LogP contribution in [0.25, 0.3) is 0 Å². The van der Waals surface area contributed by atoms with Gasteiger partial charge in [0.1, 0.15) is 12.4 Å². The highest BCUT2D eigenvalue weighted by Crippen LogP contribution is 2.27. The number of carbonyl (C=O) groups excluding carboxylic acids is 1. The van der Waals surface area contributed by atoms with Gasteiger partial charge in [-0.3, -0.25) is 4.79 Å². The quantitative estimate of drug-likeness (QED) is 0.754. The number of hydrogen-bond acceptors (Lipinski definition) is 2. The molecule has 2 nitrogen and oxygen atoms in total. The van der Waals surface area contributed by atoms with E-state index in [0.717, 1.165) is 21.9 Å². The molecule has 0 atom stereocenters. The van der Waals surface area contributed by atoms with Gasteiger partial charge in [0.15, 0.2) is 6.29 Å². The lowest BCUT2D eigenvalue weighted by atomic mass is 10.1. The van der Waals surface area contributed by atoms with Crippen molar-refractivity contribution in [1.82, 2.24) is 0 Å². The molecule has 0 bridgehead atoms. The molecule has 0 fully saturated rings. The third-order valence-electron chi connectivity index (χ3n) is 3.35. The average molecular weight is 333 g/mol. The summed E-state index contributed by atoms with van der Waals surface area (Å²) in [5, 5.41) is 0. The summed E-state index contributed by atoms with van der Waals surface area (Å²) in [5.74, 6) is 0.654. The molecule has 0 spiro atoms. The molecule has 0 saturated carbocycles. The molecule has 2 aromatic rings. The molecular formula is C17H17BrO2. The number of carbonyl (C=O) groups is 1. The number of halogens is 1. The van der Waals surface area contributed by atoms with Gasteiger partial charge >= 0.3 is 0 Å². The summed E-state index contributed by atoms with van der Waals surface area (Å²) in [7, 11) is 0. The number of benzene rings is 2. The fourth-order valence-electron chi connectivity index (χ4n) is 2.09. The van der Waals surface area contributed by atoms with Crippen LogP contribution in [0.2, 0.25) is 0 Å². The standard InChI is InChI=1S/C17H17BrO2/c1-11-4-5-14(6-12(11)2)10-20-17-13(3)7-16(18)8-15(17)9-19/h4-9H,10H2,1-3H3. The van der Waals surface area contributed by atoms with Gasteiger partial charge in [0.25, 0.3) is 0 Å². The Labute approximate surface area is 127 Å². The van der Waals surface area contributed by atoms with Crippen LogP contribution in [0, 0.1) is 20.8 Å². The summed E-state index contributed by atoms with van der Waals surface area (Å²) in [6.07, 6.45) is 0.827. The second-order valence-electron chi connectivity index (χ2n) is 4.97. The lowest BCUT2D eigenvalue weighted by molar-refractivity contribution is 0.111. The van der Waals surface area contributed by atoms with Crippen molar-refractivity contribution in [1.29, 1.82) is 0 Å². The first-order valence-corrected chi connectivity index (χ1v) is 7.25. The number of aldehydes is 1. The van der Waals surface area contributed by atoms with Gasteiger partial charge in [-0.05, 0) is 55.2 Å². The van der Waals surface area contributed by atoms with Crippen LogP contribution in [-0.4, -0.2) is 6.29 Å². The third kappa shape index (κ3) is 3.28. The predicted molar refractivity (Wildman–Crippen MR) is 84.5 cm³/mol. The zero-order valence-corrected chi connectivity index (χ0v) is 13.5. The summed E-state index contributed by atoms with van der Waals surface area (Å²) in [5.41, 5.74) is 5.13. The van der Waals surface area contributed by atoms with E-state index in [0.29, 0.717) is 17.9 Å². The molecule has 104 valence electrons. The summed E-state index contributed by atoms with van der Waals surface area (Å²) in [6.45, 7) is 6.57. The predicted octanol–water partition coefficient (Wildman–Crippen LogP) is 4.77. The summed E-state index contributed by atoms with van der Waals surface area (Å²) in [6, 6.07) is 9.97. The fraction of sp³-hybridized carbons (Fsp3) is 0.235. The maximum atomic E-state index is 11.1. The molecule has 3 heteroatoms. The van der Waals surface area contributed by atoms with Crippen LogP contribution < -0.4 is 4.74 Å². The zero-order valence-electron chi connectivity index (χ0n) is 11.9. The van der Waals surface area contributed by atoms with Crippen LogP contribution in [0.5, 0.6) is 5.75 Å². The van der Waals surface area contributed by atoms with Gasteiger partial charge in [-0.2, -0.15) is 0 Å². The summed E-state index contributed by atoms with van der Waals surface area (Å²) >= 11 is 3.39. The molecule has 20 heavy (non-hydrogen) atoms. The van der Waals surface area contributed by atoms with E-state index in [9.17, 15) is 4.79 Å². The molecule has 0 unspecified atom stereocenters. The van der Waals surface area contributed by atoms with Crippen LogP contribution in [0.3, 0.4) is 0 Å². The topological polar surface area (TPSA) is 26.3 Å². The van der Waals surface area contributed by atoms with Crippen molar-refractivity contribution >= 4 is 22.2 Å². The van der Waals surface area contributed by atoms with Crippen molar-refractivity contribution in [3.05, 3.63) is 62.6 Å². The van der Waals surface area contributed by atoms with E-state index in [4.69, 9.17) is 4.74 Å². The van der Waals surface area contributed by atoms with Crippen molar-refractivity contribution < 1.29 is 9.53 Å². The zero-order chi connectivity index (χ0) is 14.7. The highest BCUT2D eigenvalue weighted by Gasteiger charge is 2.09. The van der Waals surface area contributed by atoms with Crippen molar-refractivity contribution in [2.24, 2.45) is 0 Å². The first-order chi connectivity index (χ1) is 9.51. The molecule has 0 radical (unpaired) electrons. The van der Waals surface area contributed by atoms with E-state index in [1.807, 2.05) is 13.0 Å². The summed E-state index contributed by atoms with van der Waals surface area (Å²) < 4.78 is 6.73. The van der Waals surface area contributed by atoms with E-state index in [-0.39, 0.29) is 0 Å². The molecule has 0 saturated heterocycles. The van der Waals surface area contributed by atoms with Gasteiger partial charge in [0, 0.05) is 4.47 Å². The number of hydrogen-bond donors (Lipinski definition) is 0. The summed E-state index contributed by atoms with van der Waals surface area (Å²) in [4.78, 5) is 11.1. The molecule has 2 aromatic carbocycles. The maximum absolute atomic E-state index is 11.1. The van der Waals surface area contributed by atoms with Crippen molar-refractivity contribution in [3.63, 3.8) is 0 Å². The van der Waals surface area contributed by atoms with Gasteiger partial charge < -0.3 is 4.74 Å². The lowest BCUT2D eigenvalue weighted by Gasteiger charge is -2.13. The number of aryl methyl sites for hydroxylation is 3. The fourth-order valence-corrected chi connectivity index (χ4v) is 2.68. The molecular weight excluding hydrogens is 316 g/mol. The second-order valence-corrected chi connectivity index (χ2v) is 5.88. The number of ether oxygens (including phenoxy) is 1. The maximum Gasteiger partial charge on any atom is 0.153 e. The Morgan fingerprint density at radius 2 is 1.80 bits per heavy atom. The first-order valence-electron chi connectivity index (χ1n) is 6.45. The van der Waals surface area contributed by atoms with Crippen LogP contribution in [0.1, 0.15) is 32.6 Å². The minimum atomic E-state index is 0.463. The molecule has 2 rings (SSSR count). The van der Waals surface area contributed by atoms with Crippen LogP contribution >= 0.6 is 15.9 Å². The Bertz CT molecular complexity index is 648. The average Bonchev–Trinajstić information content (AvgIpc) is 2.40. The lowest BCUT2D eigenvalue weighted by Crippen LogP contribution is -2.01. The van der Waals surface area contributed by atoms with Crippen LogP contribution in [0.4, 0.5) is 0 Å². The highest BCUT2D eigenvalue weighted by molar-refractivity contribution is 9.10. The molecule has 0 amide bonds. The smallest absolute Gasteiger partial charge is 0.153 e. The van der Waals surface area contributed by atoms with E-state index in [2.05, 4.69) is 48.0 Å². The third-order valence-corrected chi connectivity index (χ3v) is 3.81. The molecule has 0 aliphatic heterocycles. The molecule has 0 heterocycles. The van der Waals surface area contributed by atoms with Gasteiger partial charge in [-0.25, -0.2) is 0 Å². The Balaban J connectivity index is 2.22. The van der Waals surface area contributed by atoms with E-state index < -0.39 is 0 Å². The van der Waals surface area contributed by atoms with Gasteiger partial charge in [0.2, 0.25) is 0 Å². The van der Waals surface area contributed by atoms with Crippen molar-refractivity contribution in [2.75, 3.05) is 0 Å². The Morgan fingerprint density at radius 3 is 2.45 bits per heavy atom. The SMILES string of the molecule is Cc1ccc(COc2c(C)cc(Br)cc2C=O)cc1C. The highest BCUT2D eigenvalue weighted by atomic mass is 79.9. The Kier molecular flexibility index (Phi) is 4.61. The Hall–Kier alpha value is -1.61. The van der Waals surface area contributed by atoms with Gasteiger partial charge in [-0.15, -0.1) is 0 Å². The molecule has 0 N–H and O–H groups in total.